The summed E-state index contributed by atoms with van der Waals surface area (Å²) in [6.45, 7) is 5.90. The van der Waals surface area contributed by atoms with Crippen LogP contribution in [0.15, 0.2) is 42.5 Å². The molecule has 0 unspecified atom stereocenters. The van der Waals surface area contributed by atoms with Gasteiger partial charge in [0, 0.05) is 18.4 Å². The standard InChI is InChI=1S/C24H30BrNO/c1-2-3-14-26-15-12-24(13-16-26)11-10-22-17-21(8-9-23(22)27-24)20-6-4-19(18-25)5-7-20/h4-9,17H,2-3,10-16,18H2,1H3. The van der Waals surface area contributed by atoms with Crippen molar-refractivity contribution in [3.8, 4) is 16.9 Å². The number of hydrogen-bond acceptors (Lipinski definition) is 2. The third kappa shape index (κ3) is 4.25. The van der Waals surface area contributed by atoms with Crippen molar-refractivity contribution in [3.05, 3.63) is 53.6 Å². The van der Waals surface area contributed by atoms with Gasteiger partial charge in [-0.2, -0.15) is 0 Å². The first-order chi connectivity index (χ1) is 13.2. The SMILES string of the molecule is CCCCN1CCC2(CCc3cc(-c4ccc(CBr)cc4)ccc3O2)CC1. The molecule has 1 fully saturated rings. The van der Waals surface area contributed by atoms with Crippen LogP contribution in [-0.4, -0.2) is 30.1 Å². The average molecular weight is 428 g/mol. The molecule has 0 radical (unpaired) electrons. The monoisotopic (exact) mass is 427 g/mol. The summed E-state index contributed by atoms with van der Waals surface area (Å²) in [5, 5.41) is 0.906. The Morgan fingerprint density at radius 3 is 2.44 bits per heavy atom. The summed E-state index contributed by atoms with van der Waals surface area (Å²) in [6, 6.07) is 15.6. The molecule has 2 aromatic rings. The summed E-state index contributed by atoms with van der Waals surface area (Å²) >= 11 is 3.52. The maximum Gasteiger partial charge on any atom is 0.123 e. The fraction of sp³-hybridized carbons (Fsp3) is 0.500. The van der Waals surface area contributed by atoms with Crippen molar-refractivity contribution in [2.75, 3.05) is 19.6 Å². The first-order valence-electron chi connectivity index (χ1n) is 10.4. The lowest BCUT2D eigenvalue weighted by Gasteiger charge is -2.44. The largest absolute Gasteiger partial charge is 0.487 e. The lowest BCUT2D eigenvalue weighted by Crippen LogP contribution is -2.49. The van der Waals surface area contributed by atoms with Gasteiger partial charge in [-0.1, -0.05) is 59.6 Å². The first-order valence-corrected chi connectivity index (χ1v) is 11.5. The molecule has 2 nitrogen and oxygen atoms in total. The Balaban J connectivity index is 1.45. The van der Waals surface area contributed by atoms with Crippen LogP contribution in [0, 0.1) is 0 Å². The molecule has 0 saturated carbocycles. The van der Waals surface area contributed by atoms with Crippen LogP contribution in [0.5, 0.6) is 5.75 Å². The minimum atomic E-state index is 0.0781. The maximum atomic E-state index is 6.61. The van der Waals surface area contributed by atoms with Crippen LogP contribution in [0.4, 0.5) is 0 Å². The van der Waals surface area contributed by atoms with Crippen LogP contribution in [0.1, 0.15) is 50.2 Å². The molecule has 0 N–H and O–H groups in total. The number of rotatable bonds is 5. The van der Waals surface area contributed by atoms with E-state index in [0.29, 0.717) is 0 Å². The van der Waals surface area contributed by atoms with Gasteiger partial charge < -0.3 is 9.64 Å². The van der Waals surface area contributed by atoms with E-state index in [1.807, 2.05) is 0 Å². The van der Waals surface area contributed by atoms with Crippen LogP contribution >= 0.6 is 15.9 Å². The van der Waals surface area contributed by atoms with E-state index in [1.165, 1.54) is 67.6 Å². The van der Waals surface area contributed by atoms with Crippen molar-refractivity contribution in [1.29, 1.82) is 0 Å². The second kappa shape index (κ2) is 8.36. The second-order valence-corrected chi connectivity index (χ2v) is 8.69. The van der Waals surface area contributed by atoms with Gasteiger partial charge in [0.2, 0.25) is 0 Å². The number of fused-ring (bicyclic) bond motifs is 1. The average Bonchev–Trinajstić information content (AvgIpc) is 2.73. The van der Waals surface area contributed by atoms with Gasteiger partial charge in [0.05, 0.1) is 0 Å². The fourth-order valence-electron chi connectivity index (χ4n) is 4.40. The van der Waals surface area contributed by atoms with Crippen molar-refractivity contribution in [2.24, 2.45) is 0 Å². The summed E-state index contributed by atoms with van der Waals surface area (Å²) in [7, 11) is 0. The van der Waals surface area contributed by atoms with Crippen molar-refractivity contribution >= 4 is 15.9 Å². The molecule has 1 saturated heterocycles. The smallest absolute Gasteiger partial charge is 0.123 e. The molecule has 27 heavy (non-hydrogen) atoms. The maximum absolute atomic E-state index is 6.61. The molecule has 4 rings (SSSR count). The Hall–Kier alpha value is -1.32. The summed E-state index contributed by atoms with van der Waals surface area (Å²) in [4.78, 5) is 2.62. The van der Waals surface area contributed by atoms with Crippen molar-refractivity contribution in [1.82, 2.24) is 4.90 Å². The number of ether oxygens (including phenoxy) is 1. The van der Waals surface area contributed by atoms with E-state index < -0.39 is 0 Å². The number of hydrogen-bond donors (Lipinski definition) is 0. The highest BCUT2D eigenvalue weighted by Gasteiger charge is 2.39. The number of unbranched alkanes of at least 4 members (excludes halogenated alkanes) is 1. The number of halogens is 1. The van der Waals surface area contributed by atoms with Gasteiger partial charge in [0.15, 0.2) is 0 Å². The summed E-state index contributed by atoms with van der Waals surface area (Å²) < 4.78 is 6.61. The number of benzene rings is 2. The van der Waals surface area contributed by atoms with Gasteiger partial charge in [-0.3, -0.25) is 0 Å². The molecule has 0 aliphatic carbocycles. The van der Waals surface area contributed by atoms with E-state index in [4.69, 9.17) is 4.74 Å². The van der Waals surface area contributed by atoms with Crippen LogP contribution in [-0.2, 0) is 11.8 Å². The molecular formula is C24H30BrNO. The Labute approximate surface area is 172 Å². The molecule has 0 bridgehead atoms. The molecule has 144 valence electrons. The Morgan fingerprint density at radius 2 is 1.74 bits per heavy atom. The zero-order valence-electron chi connectivity index (χ0n) is 16.3. The highest BCUT2D eigenvalue weighted by atomic mass is 79.9. The lowest BCUT2D eigenvalue weighted by molar-refractivity contribution is -0.0146. The van der Waals surface area contributed by atoms with E-state index in [9.17, 15) is 0 Å². The van der Waals surface area contributed by atoms with E-state index >= 15 is 0 Å². The van der Waals surface area contributed by atoms with Crippen molar-refractivity contribution < 1.29 is 4.74 Å². The summed E-state index contributed by atoms with van der Waals surface area (Å²) in [5.41, 5.74) is 5.34. The highest BCUT2D eigenvalue weighted by Crippen LogP contribution is 2.40. The molecular weight excluding hydrogens is 398 g/mol. The van der Waals surface area contributed by atoms with Crippen molar-refractivity contribution in [3.63, 3.8) is 0 Å². The summed E-state index contributed by atoms with van der Waals surface area (Å²) in [5.74, 6) is 1.11. The lowest BCUT2D eigenvalue weighted by atomic mass is 9.82. The van der Waals surface area contributed by atoms with Gasteiger partial charge in [0.25, 0.3) is 0 Å². The Morgan fingerprint density at radius 1 is 1.00 bits per heavy atom. The second-order valence-electron chi connectivity index (χ2n) is 8.13. The number of alkyl halides is 1. The fourth-order valence-corrected chi connectivity index (χ4v) is 4.78. The first kappa shape index (κ1) is 19.0. The Bertz CT molecular complexity index is 762. The third-order valence-corrected chi connectivity index (χ3v) is 6.92. The van der Waals surface area contributed by atoms with Gasteiger partial charge in [0.1, 0.15) is 11.4 Å². The minimum Gasteiger partial charge on any atom is -0.487 e. The summed E-state index contributed by atoms with van der Waals surface area (Å²) in [6.07, 6.45) is 7.24. The molecule has 0 amide bonds. The molecule has 2 aliphatic heterocycles. The van der Waals surface area contributed by atoms with E-state index in [1.54, 1.807) is 0 Å². The number of piperidine rings is 1. The van der Waals surface area contributed by atoms with Crippen LogP contribution < -0.4 is 4.74 Å². The Kier molecular flexibility index (Phi) is 5.89. The topological polar surface area (TPSA) is 12.5 Å². The highest BCUT2D eigenvalue weighted by molar-refractivity contribution is 9.08. The van der Waals surface area contributed by atoms with E-state index in [-0.39, 0.29) is 5.60 Å². The minimum absolute atomic E-state index is 0.0781. The van der Waals surface area contributed by atoms with E-state index in [0.717, 1.165) is 23.9 Å². The number of nitrogens with zero attached hydrogens (tertiary/aromatic N) is 1. The van der Waals surface area contributed by atoms with Gasteiger partial charge in [-0.25, -0.2) is 0 Å². The molecule has 0 atom stereocenters. The van der Waals surface area contributed by atoms with Gasteiger partial charge >= 0.3 is 0 Å². The molecule has 2 aromatic carbocycles. The normalized spacial score (nSPS) is 18.9. The predicted octanol–water partition coefficient (Wildman–Crippen LogP) is 6.21. The van der Waals surface area contributed by atoms with Crippen LogP contribution in [0.3, 0.4) is 0 Å². The zero-order chi connectivity index (χ0) is 18.7. The molecule has 1 spiro atoms. The van der Waals surface area contributed by atoms with Gasteiger partial charge in [-0.05, 0) is 73.0 Å². The molecule has 2 aliphatic rings. The molecule has 3 heteroatoms. The van der Waals surface area contributed by atoms with E-state index in [2.05, 4.69) is 70.2 Å². The number of likely N-dealkylation sites (tertiary alicyclic amines) is 1. The third-order valence-electron chi connectivity index (χ3n) is 6.27. The van der Waals surface area contributed by atoms with Crippen molar-refractivity contribution in [2.45, 2.75) is 56.4 Å². The zero-order valence-corrected chi connectivity index (χ0v) is 17.9. The van der Waals surface area contributed by atoms with Gasteiger partial charge in [-0.15, -0.1) is 0 Å². The number of aryl methyl sites for hydroxylation is 1. The predicted molar refractivity (Wildman–Crippen MR) is 117 cm³/mol. The molecule has 0 aromatic heterocycles. The molecule has 2 heterocycles. The van der Waals surface area contributed by atoms with Crippen LogP contribution in [0.2, 0.25) is 0 Å². The quantitative estimate of drug-likeness (QED) is 0.525. The van der Waals surface area contributed by atoms with Crippen LogP contribution in [0.25, 0.3) is 11.1 Å².